The fourth-order valence-corrected chi connectivity index (χ4v) is 3.03. The molecule has 0 aliphatic rings. The summed E-state index contributed by atoms with van der Waals surface area (Å²) in [6.07, 6.45) is 0.593. The van der Waals surface area contributed by atoms with Gasteiger partial charge in [-0.25, -0.2) is 0 Å². The number of ether oxygens (including phenoxy) is 2. The number of aryl methyl sites for hydroxylation is 1. The molecule has 1 N–H and O–H groups in total. The molecule has 0 atom stereocenters. The van der Waals surface area contributed by atoms with E-state index in [4.69, 9.17) is 9.47 Å². The van der Waals surface area contributed by atoms with Crippen molar-refractivity contribution in [2.45, 2.75) is 13.3 Å². The number of benzene rings is 2. The number of hydrogen-bond donors (Lipinski definition) is 1. The third-order valence-electron chi connectivity index (χ3n) is 4.55. The maximum atomic E-state index is 12.7. The van der Waals surface area contributed by atoms with Crippen LogP contribution in [0.5, 0.6) is 11.5 Å². The molecular formula is C22H23N3O4. The summed E-state index contributed by atoms with van der Waals surface area (Å²) in [6.45, 7) is 2.26. The number of para-hydroxylation sites is 2. The topological polar surface area (TPSA) is 82.5 Å². The van der Waals surface area contributed by atoms with Crippen LogP contribution < -0.4 is 20.3 Å². The largest absolute Gasteiger partial charge is 0.496 e. The minimum Gasteiger partial charge on any atom is -0.496 e. The average molecular weight is 393 g/mol. The lowest BCUT2D eigenvalue weighted by Crippen LogP contribution is -2.31. The molecule has 0 fully saturated rings. The van der Waals surface area contributed by atoms with Crippen molar-refractivity contribution in [1.29, 1.82) is 0 Å². The Morgan fingerprint density at radius 3 is 2.45 bits per heavy atom. The first-order chi connectivity index (χ1) is 14.0. The molecule has 0 unspecified atom stereocenters. The Morgan fingerprint density at radius 2 is 1.72 bits per heavy atom. The molecule has 29 heavy (non-hydrogen) atoms. The van der Waals surface area contributed by atoms with Crippen molar-refractivity contribution in [2.75, 3.05) is 20.8 Å². The standard InChI is InChI=1S/C22H23N3O4/c1-15-8-4-6-10-17(15)25-20(26)14-19(29-3)21(24-25)22(27)23-13-12-16-9-5-7-11-18(16)28-2/h4-11,14H,12-13H2,1-3H3,(H,23,27). The molecule has 1 heterocycles. The zero-order valence-electron chi connectivity index (χ0n) is 16.6. The van der Waals surface area contributed by atoms with E-state index < -0.39 is 5.91 Å². The number of methoxy groups -OCH3 is 2. The van der Waals surface area contributed by atoms with Gasteiger partial charge >= 0.3 is 0 Å². The van der Waals surface area contributed by atoms with Crippen LogP contribution in [0.4, 0.5) is 0 Å². The highest BCUT2D eigenvalue weighted by Gasteiger charge is 2.18. The fourth-order valence-electron chi connectivity index (χ4n) is 3.03. The Balaban J connectivity index is 1.83. The fraction of sp³-hybridized carbons (Fsp3) is 0.227. The molecule has 0 aliphatic carbocycles. The number of rotatable bonds is 7. The third-order valence-corrected chi connectivity index (χ3v) is 4.55. The van der Waals surface area contributed by atoms with Crippen molar-refractivity contribution in [3.63, 3.8) is 0 Å². The highest BCUT2D eigenvalue weighted by molar-refractivity contribution is 5.94. The summed E-state index contributed by atoms with van der Waals surface area (Å²) in [5, 5.41) is 7.11. The van der Waals surface area contributed by atoms with E-state index in [1.54, 1.807) is 13.2 Å². The van der Waals surface area contributed by atoms with Gasteiger partial charge in [-0.3, -0.25) is 9.59 Å². The van der Waals surface area contributed by atoms with Gasteiger partial charge in [0.2, 0.25) is 0 Å². The highest BCUT2D eigenvalue weighted by Crippen LogP contribution is 2.18. The van der Waals surface area contributed by atoms with E-state index in [2.05, 4.69) is 10.4 Å². The molecule has 3 rings (SSSR count). The van der Waals surface area contributed by atoms with Gasteiger partial charge in [0.25, 0.3) is 11.5 Å². The van der Waals surface area contributed by atoms with Gasteiger partial charge in [0, 0.05) is 6.54 Å². The zero-order valence-corrected chi connectivity index (χ0v) is 16.6. The lowest BCUT2D eigenvalue weighted by molar-refractivity contribution is 0.0943. The maximum Gasteiger partial charge on any atom is 0.275 e. The molecule has 3 aromatic rings. The van der Waals surface area contributed by atoms with Gasteiger partial charge in [-0.15, -0.1) is 0 Å². The smallest absolute Gasteiger partial charge is 0.275 e. The Hall–Kier alpha value is -3.61. The molecule has 1 amide bonds. The van der Waals surface area contributed by atoms with Crippen LogP contribution in [0.25, 0.3) is 5.69 Å². The lowest BCUT2D eigenvalue weighted by Gasteiger charge is -2.13. The van der Waals surface area contributed by atoms with E-state index in [0.717, 1.165) is 16.9 Å². The Labute approximate surface area is 168 Å². The number of nitrogens with one attached hydrogen (secondary N) is 1. The first-order valence-electron chi connectivity index (χ1n) is 9.19. The monoisotopic (exact) mass is 393 g/mol. The van der Waals surface area contributed by atoms with Crippen LogP contribution in [0, 0.1) is 6.92 Å². The normalized spacial score (nSPS) is 10.4. The second kappa shape index (κ2) is 9.05. The molecule has 0 radical (unpaired) electrons. The van der Waals surface area contributed by atoms with Gasteiger partial charge in [0.15, 0.2) is 11.4 Å². The van der Waals surface area contributed by atoms with E-state index in [1.165, 1.54) is 17.9 Å². The summed E-state index contributed by atoms with van der Waals surface area (Å²) < 4.78 is 11.8. The summed E-state index contributed by atoms with van der Waals surface area (Å²) >= 11 is 0. The first kappa shape index (κ1) is 20.1. The van der Waals surface area contributed by atoms with Gasteiger partial charge in [-0.05, 0) is 36.6 Å². The highest BCUT2D eigenvalue weighted by atomic mass is 16.5. The molecule has 150 valence electrons. The van der Waals surface area contributed by atoms with Crippen molar-refractivity contribution in [1.82, 2.24) is 15.1 Å². The molecule has 2 aromatic carbocycles. The van der Waals surface area contributed by atoms with Crippen molar-refractivity contribution in [2.24, 2.45) is 0 Å². The zero-order chi connectivity index (χ0) is 20.8. The van der Waals surface area contributed by atoms with Gasteiger partial charge < -0.3 is 14.8 Å². The Morgan fingerprint density at radius 1 is 1.03 bits per heavy atom. The minimum absolute atomic E-state index is 0.0513. The van der Waals surface area contributed by atoms with Crippen molar-refractivity contribution in [3.05, 3.63) is 81.8 Å². The Kier molecular flexibility index (Phi) is 6.29. The number of carbonyl (C=O) groups is 1. The number of carbonyl (C=O) groups excluding carboxylic acids is 1. The number of amides is 1. The summed E-state index contributed by atoms with van der Waals surface area (Å²) in [7, 11) is 3.02. The van der Waals surface area contributed by atoms with Crippen molar-refractivity contribution >= 4 is 5.91 Å². The van der Waals surface area contributed by atoms with Crippen LogP contribution in [0.15, 0.2) is 59.4 Å². The quantitative estimate of drug-likeness (QED) is 0.667. The van der Waals surface area contributed by atoms with Crippen molar-refractivity contribution < 1.29 is 14.3 Å². The molecule has 0 bridgehead atoms. The molecule has 7 heteroatoms. The second-order valence-corrected chi connectivity index (χ2v) is 6.42. The van der Waals surface area contributed by atoms with Crippen LogP contribution in [0.3, 0.4) is 0 Å². The predicted molar refractivity (Wildman–Crippen MR) is 110 cm³/mol. The summed E-state index contributed by atoms with van der Waals surface area (Å²) in [6, 6.07) is 16.2. The molecule has 0 saturated heterocycles. The lowest BCUT2D eigenvalue weighted by atomic mass is 10.1. The molecule has 7 nitrogen and oxygen atoms in total. The third kappa shape index (κ3) is 4.45. The van der Waals surface area contributed by atoms with Gasteiger partial charge in [-0.1, -0.05) is 36.4 Å². The predicted octanol–water partition coefficient (Wildman–Crippen LogP) is 2.53. The molecule has 0 saturated carbocycles. The summed E-state index contributed by atoms with van der Waals surface area (Å²) in [4.78, 5) is 25.2. The van der Waals surface area contributed by atoms with E-state index >= 15 is 0 Å². The van der Waals surface area contributed by atoms with Crippen LogP contribution in [-0.2, 0) is 6.42 Å². The van der Waals surface area contributed by atoms with Gasteiger partial charge in [0.1, 0.15) is 5.75 Å². The van der Waals surface area contributed by atoms with E-state index in [1.807, 2.05) is 49.4 Å². The first-order valence-corrected chi connectivity index (χ1v) is 9.19. The number of hydrogen-bond acceptors (Lipinski definition) is 5. The van der Waals surface area contributed by atoms with Gasteiger partial charge in [0.05, 0.1) is 26.0 Å². The molecule has 0 aliphatic heterocycles. The summed E-state index contributed by atoms with van der Waals surface area (Å²) in [5.41, 5.74) is 2.15. The number of nitrogens with zero attached hydrogens (tertiary/aromatic N) is 2. The SMILES string of the molecule is COc1ccccc1CCNC(=O)c1nn(-c2ccccc2C)c(=O)cc1OC. The molecule has 1 aromatic heterocycles. The summed E-state index contributed by atoms with van der Waals surface area (Å²) in [5.74, 6) is 0.485. The van der Waals surface area contributed by atoms with Crippen molar-refractivity contribution in [3.8, 4) is 17.2 Å². The van der Waals surface area contributed by atoms with Crippen LogP contribution in [0.2, 0.25) is 0 Å². The van der Waals surface area contributed by atoms with Crippen LogP contribution in [-0.4, -0.2) is 36.5 Å². The molecular weight excluding hydrogens is 370 g/mol. The second-order valence-electron chi connectivity index (χ2n) is 6.42. The molecule has 0 spiro atoms. The Bertz CT molecular complexity index is 1080. The van der Waals surface area contributed by atoms with E-state index in [-0.39, 0.29) is 17.0 Å². The van der Waals surface area contributed by atoms with E-state index in [9.17, 15) is 9.59 Å². The van der Waals surface area contributed by atoms with Gasteiger partial charge in [-0.2, -0.15) is 9.78 Å². The van der Waals surface area contributed by atoms with E-state index in [0.29, 0.717) is 18.7 Å². The average Bonchev–Trinajstić information content (AvgIpc) is 2.74. The number of aromatic nitrogens is 2. The minimum atomic E-state index is -0.418. The van der Waals surface area contributed by atoms with Crippen LogP contribution >= 0.6 is 0 Å². The maximum absolute atomic E-state index is 12.7. The van der Waals surface area contributed by atoms with Crippen LogP contribution in [0.1, 0.15) is 21.6 Å².